The van der Waals surface area contributed by atoms with Crippen LogP contribution in [0.4, 0.5) is 4.79 Å². The summed E-state index contributed by atoms with van der Waals surface area (Å²) >= 11 is 0. The van der Waals surface area contributed by atoms with Crippen LogP contribution in [0, 0.1) is 5.92 Å². The molecule has 0 aliphatic heterocycles. The first kappa shape index (κ1) is 16.9. The molecule has 0 aliphatic rings. The topological polar surface area (TPSA) is 99.2 Å². The lowest BCUT2D eigenvalue weighted by atomic mass is 10.1. The summed E-state index contributed by atoms with van der Waals surface area (Å²) in [6.45, 7) is 0.447. The fourth-order valence-corrected chi connectivity index (χ4v) is 1.28. The van der Waals surface area contributed by atoms with Gasteiger partial charge in [-0.2, -0.15) is 0 Å². The van der Waals surface area contributed by atoms with Crippen molar-refractivity contribution in [2.75, 3.05) is 34.4 Å². The normalized spacial score (nSPS) is 11.2. The van der Waals surface area contributed by atoms with E-state index in [2.05, 4.69) is 14.2 Å². The van der Waals surface area contributed by atoms with Crippen LogP contribution in [-0.2, 0) is 28.6 Å². The van der Waals surface area contributed by atoms with Crippen LogP contribution in [0.2, 0.25) is 0 Å². The Labute approximate surface area is 110 Å². The van der Waals surface area contributed by atoms with Crippen molar-refractivity contribution in [1.82, 2.24) is 4.90 Å². The number of esters is 2. The van der Waals surface area contributed by atoms with Gasteiger partial charge in [-0.1, -0.05) is 0 Å². The van der Waals surface area contributed by atoms with Crippen molar-refractivity contribution in [3.05, 3.63) is 0 Å². The second-order valence-electron chi connectivity index (χ2n) is 3.61. The Balaban J connectivity index is 4.95. The van der Waals surface area contributed by atoms with E-state index in [0.29, 0.717) is 0 Å². The van der Waals surface area contributed by atoms with Crippen LogP contribution in [0.5, 0.6) is 0 Å². The van der Waals surface area contributed by atoms with Gasteiger partial charge in [-0.15, -0.1) is 0 Å². The number of hydrogen-bond donors (Lipinski definition) is 0. The van der Waals surface area contributed by atoms with Crippen LogP contribution in [0.25, 0.3) is 0 Å². The molecule has 108 valence electrons. The third kappa shape index (κ3) is 5.36. The first-order valence-corrected chi connectivity index (χ1v) is 5.35. The molecule has 0 radical (unpaired) electrons. The van der Waals surface area contributed by atoms with Crippen LogP contribution in [0.3, 0.4) is 0 Å². The van der Waals surface area contributed by atoms with Crippen molar-refractivity contribution in [3.63, 3.8) is 0 Å². The number of nitrogens with zero attached hydrogens (tertiary/aromatic N) is 1. The molecule has 0 heterocycles. The molecular weight excluding hydrogens is 258 g/mol. The predicted molar refractivity (Wildman–Crippen MR) is 62.2 cm³/mol. The van der Waals surface area contributed by atoms with Crippen LogP contribution in [-0.4, -0.2) is 63.1 Å². The molecule has 0 aromatic carbocycles. The number of ether oxygens (including phenoxy) is 3. The molecule has 0 aliphatic carbocycles. The van der Waals surface area contributed by atoms with Gasteiger partial charge in [-0.05, 0) is 6.92 Å². The third-order valence-corrected chi connectivity index (χ3v) is 2.36. The minimum Gasteiger partial charge on any atom is -0.468 e. The maximum absolute atomic E-state index is 11.5. The van der Waals surface area contributed by atoms with Gasteiger partial charge in [-0.25, -0.2) is 4.79 Å². The van der Waals surface area contributed by atoms with Crippen molar-refractivity contribution in [2.24, 2.45) is 5.92 Å². The zero-order chi connectivity index (χ0) is 15.0. The van der Waals surface area contributed by atoms with Crippen molar-refractivity contribution in [3.8, 4) is 0 Å². The lowest BCUT2D eigenvalue weighted by Crippen LogP contribution is -2.43. The molecule has 1 unspecified atom stereocenters. The van der Waals surface area contributed by atoms with E-state index in [-0.39, 0.29) is 6.54 Å². The number of ketones is 1. The molecule has 0 spiro atoms. The summed E-state index contributed by atoms with van der Waals surface area (Å²) in [4.78, 5) is 46.3. The Morgan fingerprint density at radius 2 is 1.58 bits per heavy atom. The summed E-state index contributed by atoms with van der Waals surface area (Å²) in [5.41, 5.74) is 0. The third-order valence-electron chi connectivity index (χ3n) is 2.36. The van der Waals surface area contributed by atoms with Crippen molar-refractivity contribution in [1.29, 1.82) is 0 Å². The van der Waals surface area contributed by atoms with Crippen LogP contribution >= 0.6 is 0 Å². The number of Topliss-reactive ketones (excluding diaryl/α,β-unsaturated/α-hetero) is 1. The molecule has 19 heavy (non-hydrogen) atoms. The highest BCUT2D eigenvalue weighted by Gasteiger charge is 2.30. The first-order valence-electron chi connectivity index (χ1n) is 5.35. The number of carbonyl (C=O) groups excluding carboxylic acids is 4. The van der Waals surface area contributed by atoms with E-state index in [1.807, 2.05) is 0 Å². The Morgan fingerprint density at radius 3 is 1.95 bits per heavy atom. The monoisotopic (exact) mass is 275 g/mol. The molecule has 0 aromatic heterocycles. The lowest BCUT2D eigenvalue weighted by Gasteiger charge is -2.22. The average molecular weight is 275 g/mol. The highest BCUT2D eigenvalue weighted by molar-refractivity contribution is 5.98. The maximum Gasteiger partial charge on any atom is 0.410 e. The fraction of sp³-hybridized carbons (Fsp3) is 0.636. The second-order valence-corrected chi connectivity index (χ2v) is 3.61. The predicted octanol–water partition coefficient (Wildman–Crippen LogP) is -0.394. The number of methoxy groups -OCH3 is 3. The molecule has 0 bridgehead atoms. The van der Waals surface area contributed by atoms with Crippen molar-refractivity contribution >= 4 is 23.8 Å². The SMILES string of the molecule is COC(=O)CN(CC(C(C)=O)C(=O)OC)C(=O)OC. The number of carbonyl (C=O) groups is 4. The van der Waals surface area contributed by atoms with E-state index >= 15 is 0 Å². The fourth-order valence-electron chi connectivity index (χ4n) is 1.28. The molecule has 0 fully saturated rings. The van der Waals surface area contributed by atoms with E-state index in [1.165, 1.54) is 6.92 Å². The highest BCUT2D eigenvalue weighted by atomic mass is 16.5. The van der Waals surface area contributed by atoms with Gasteiger partial charge in [-0.3, -0.25) is 19.3 Å². The summed E-state index contributed by atoms with van der Waals surface area (Å²) < 4.78 is 13.3. The standard InChI is InChI=1S/C11H17NO7/c1-7(13)8(10(15)18-3)5-12(11(16)19-4)6-9(14)17-2/h8H,5-6H2,1-4H3. The molecule has 0 saturated carbocycles. The number of amides is 1. The van der Waals surface area contributed by atoms with E-state index in [0.717, 1.165) is 26.2 Å². The van der Waals surface area contributed by atoms with Gasteiger partial charge in [0.15, 0.2) is 0 Å². The van der Waals surface area contributed by atoms with Crippen molar-refractivity contribution in [2.45, 2.75) is 6.92 Å². The lowest BCUT2D eigenvalue weighted by molar-refractivity contribution is -0.151. The molecule has 1 amide bonds. The average Bonchev–Trinajstić information content (AvgIpc) is 2.40. The van der Waals surface area contributed by atoms with Gasteiger partial charge in [0.25, 0.3) is 0 Å². The largest absolute Gasteiger partial charge is 0.468 e. The van der Waals surface area contributed by atoms with Gasteiger partial charge in [0, 0.05) is 6.54 Å². The Hall–Kier alpha value is -2.12. The smallest absolute Gasteiger partial charge is 0.410 e. The summed E-state index contributed by atoms with van der Waals surface area (Å²) in [5, 5.41) is 0. The Bertz CT molecular complexity index is 366. The summed E-state index contributed by atoms with van der Waals surface area (Å²) in [7, 11) is 3.40. The molecule has 0 aromatic rings. The molecule has 0 N–H and O–H groups in total. The Morgan fingerprint density at radius 1 is 1.00 bits per heavy atom. The van der Waals surface area contributed by atoms with Gasteiger partial charge in [0.2, 0.25) is 0 Å². The molecule has 0 rings (SSSR count). The minimum absolute atomic E-state index is 0.316. The summed E-state index contributed by atoms with van der Waals surface area (Å²) in [6.07, 6.45) is -0.847. The van der Waals surface area contributed by atoms with E-state index in [1.54, 1.807) is 0 Å². The molecule has 0 saturated heterocycles. The van der Waals surface area contributed by atoms with E-state index in [4.69, 9.17) is 0 Å². The van der Waals surface area contributed by atoms with Gasteiger partial charge in [0.05, 0.1) is 21.3 Å². The van der Waals surface area contributed by atoms with Crippen LogP contribution in [0.15, 0.2) is 0 Å². The second kappa shape index (κ2) is 8.06. The highest BCUT2D eigenvalue weighted by Crippen LogP contribution is 2.07. The van der Waals surface area contributed by atoms with E-state index in [9.17, 15) is 19.2 Å². The first-order chi connectivity index (χ1) is 8.87. The van der Waals surface area contributed by atoms with Gasteiger partial charge in [0.1, 0.15) is 18.2 Å². The van der Waals surface area contributed by atoms with Crippen LogP contribution in [0.1, 0.15) is 6.92 Å². The van der Waals surface area contributed by atoms with E-state index < -0.39 is 36.3 Å². The molecular formula is C11H17NO7. The molecule has 8 heteroatoms. The van der Waals surface area contributed by atoms with Crippen LogP contribution < -0.4 is 0 Å². The van der Waals surface area contributed by atoms with Gasteiger partial charge >= 0.3 is 18.0 Å². The molecule has 8 nitrogen and oxygen atoms in total. The zero-order valence-electron chi connectivity index (χ0n) is 11.3. The van der Waals surface area contributed by atoms with Gasteiger partial charge < -0.3 is 14.2 Å². The summed E-state index contributed by atoms with van der Waals surface area (Å²) in [6, 6.07) is 0. The quantitative estimate of drug-likeness (QED) is 0.369. The zero-order valence-corrected chi connectivity index (χ0v) is 11.3. The molecule has 1 atom stereocenters. The maximum atomic E-state index is 11.5. The number of rotatable bonds is 6. The Kier molecular flexibility index (Phi) is 7.16. The van der Waals surface area contributed by atoms with Crippen molar-refractivity contribution < 1.29 is 33.4 Å². The minimum atomic E-state index is -1.17. The summed E-state index contributed by atoms with van der Waals surface area (Å²) in [5.74, 6) is -3.14. The number of hydrogen-bond acceptors (Lipinski definition) is 7.